The van der Waals surface area contributed by atoms with Crippen LogP contribution in [0.15, 0.2) is 65.2 Å². The fraction of sp³-hybridized carbons (Fsp3) is 0.227. The third kappa shape index (κ3) is 5.44. The van der Waals surface area contributed by atoms with E-state index in [1.54, 1.807) is 6.07 Å². The summed E-state index contributed by atoms with van der Waals surface area (Å²) in [6, 6.07) is 18.2. The summed E-state index contributed by atoms with van der Waals surface area (Å²) < 4.78 is 10.7. The second-order valence-electron chi connectivity index (χ2n) is 6.42. The molecule has 0 saturated heterocycles. The highest BCUT2D eigenvalue weighted by Crippen LogP contribution is 2.20. The first kappa shape index (κ1) is 20.1. The highest BCUT2D eigenvalue weighted by molar-refractivity contribution is 5.95. The lowest BCUT2D eigenvalue weighted by Gasteiger charge is -2.15. The van der Waals surface area contributed by atoms with E-state index < -0.39 is 5.91 Å². The lowest BCUT2D eigenvalue weighted by atomic mass is 10.1. The number of ether oxygens (including phenoxy) is 1. The molecule has 2 N–H and O–H groups in total. The maximum Gasteiger partial charge on any atom is 0.273 e. The molecule has 2 aromatic carbocycles. The minimum Gasteiger partial charge on any atom is -0.494 e. The monoisotopic (exact) mass is 393 g/mol. The largest absolute Gasteiger partial charge is 0.494 e. The van der Waals surface area contributed by atoms with E-state index in [1.807, 2.05) is 68.4 Å². The fourth-order valence-corrected chi connectivity index (χ4v) is 2.79. The predicted molar refractivity (Wildman–Crippen MR) is 108 cm³/mol. The Labute approximate surface area is 169 Å². The number of aromatic nitrogens is 1. The van der Waals surface area contributed by atoms with Crippen molar-refractivity contribution >= 4 is 11.8 Å². The normalized spacial score (nSPS) is 11.5. The van der Waals surface area contributed by atoms with Gasteiger partial charge in [0.2, 0.25) is 5.91 Å². The quantitative estimate of drug-likeness (QED) is 0.612. The molecule has 3 rings (SSSR count). The summed E-state index contributed by atoms with van der Waals surface area (Å²) in [7, 11) is 0. The first-order chi connectivity index (χ1) is 14.1. The maximum atomic E-state index is 12.2. The summed E-state index contributed by atoms with van der Waals surface area (Å²) in [6.07, 6.45) is 0. The van der Waals surface area contributed by atoms with Crippen molar-refractivity contribution in [2.45, 2.75) is 19.9 Å². The third-order valence-corrected chi connectivity index (χ3v) is 4.26. The Kier molecular flexibility index (Phi) is 6.63. The Balaban J connectivity index is 1.52. The summed E-state index contributed by atoms with van der Waals surface area (Å²) in [5.41, 5.74) is 1.86. The topological polar surface area (TPSA) is 93.5 Å². The van der Waals surface area contributed by atoms with E-state index in [0.29, 0.717) is 12.4 Å². The summed E-state index contributed by atoms with van der Waals surface area (Å²) in [5.74, 6) is 0.458. The van der Waals surface area contributed by atoms with Crippen molar-refractivity contribution in [3.05, 3.63) is 71.9 Å². The fourth-order valence-electron chi connectivity index (χ4n) is 2.79. The van der Waals surface area contributed by atoms with E-state index >= 15 is 0 Å². The Bertz CT molecular complexity index is 969. The summed E-state index contributed by atoms with van der Waals surface area (Å²) in [5, 5.41) is 9.18. The van der Waals surface area contributed by atoms with Crippen LogP contribution in [0.3, 0.4) is 0 Å². The van der Waals surface area contributed by atoms with Crippen LogP contribution in [0.5, 0.6) is 5.75 Å². The second-order valence-corrected chi connectivity index (χ2v) is 6.42. The van der Waals surface area contributed by atoms with Crippen LogP contribution in [0.2, 0.25) is 0 Å². The van der Waals surface area contributed by atoms with Gasteiger partial charge in [0.1, 0.15) is 5.75 Å². The van der Waals surface area contributed by atoms with Crippen LogP contribution in [0.4, 0.5) is 0 Å². The van der Waals surface area contributed by atoms with Gasteiger partial charge in [-0.2, -0.15) is 0 Å². The molecule has 0 aliphatic carbocycles. The first-order valence-corrected chi connectivity index (χ1v) is 9.39. The van der Waals surface area contributed by atoms with Crippen molar-refractivity contribution in [3.63, 3.8) is 0 Å². The number of benzene rings is 2. The molecule has 1 heterocycles. The van der Waals surface area contributed by atoms with Gasteiger partial charge in [-0.05, 0) is 31.5 Å². The SMILES string of the molecule is CCOc1cccc(C(C)NC(=O)CNC(=O)c2cc(-c3ccccc3)on2)c1. The van der Waals surface area contributed by atoms with E-state index in [4.69, 9.17) is 9.26 Å². The number of carbonyl (C=O) groups is 2. The molecule has 3 aromatic rings. The Morgan fingerprint density at radius 3 is 2.66 bits per heavy atom. The van der Waals surface area contributed by atoms with Crippen LogP contribution in [-0.4, -0.2) is 30.1 Å². The summed E-state index contributed by atoms with van der Waals surface area (Å²) in [6.45, 7) is 4.19. The van der Waals surface area contributed by atoms with Gasteiger partial charge in [0, 0.05) is 11.6 Å². The molecule has 0 spiro atoms. The molecular weight excluding hydrogens is 370 g/mol. The average molecular weight is 393 g/mol. The van der Waals surface area contributed by atoms with Gasteiger partial charge in [-0.3, -0.25) is 9.59 Å². The van der Waals surface area contributed by atoms with E-state index in [-0.39, 0.29) is 24.2 Å². The Morgan fingerprint density at radius 2 is 1.90 bits per heavy atom. The molecular formula is C22H23N3O4. The second kappa shape index (κ2) is 9.54. The lowest BCUT2D eigenvalue weighted by molar-refractivity contribution is -0.120. The Morgan fingerprint density at radius 1 is 1.10 bits per heavy atom. The van der Waals surface area contributed by atoms with Crippen molar-refractivity contribution in [1.29, 1.82) is 0 Å². The minimum absolute atomic E-state index is 0.120. The number of nitrogens with one attached hydrogen (secondary N) is 2. The molecule has 7 nitrogen and oxygen atoms in total. The van der Waals surface area contributed by atoms with Crippen LogP contribution < -0.4 is 15.4 Å². The maximum absolute atomic E-state index is 12.2. The highest BCUT2D eigenvalue weighted by Gasteiger charge is 2.16. The standard InChI is InChI=1S/C22H23N3O4/c1-3-28-18-11-7-10-17(12-18)15(2)24-21(26)14-23-22(27)19-13-20(29-25-19)16-8-5-4-6-9-16/h4-13,15H,3,14H2,1-2H3,(H,23,27)(H,24,26). The first-order valence-electron chi connectivity index (χ1n) is 9.39. The zero-order valence-electron chi connectivity index (χ0n) is 16.3. The molecule has 7 heteroatoms. The number of carbonyl (C=O) groups excluding carboxylic acids is 2. The van der Waals surface area contributed by atoms with Crippen molar-refractivity contribution in [3.8, 4) is 17.1 Å². The molecule has 0 bridgehead atoms. The van der Waals surface area contributed by atoms with Crippen LogP contribution in [0.1, 0.15) is 35.9 Å². The Hall–Kier alpha value is -3.61. The van der Waals surface area contributed by atoms with Gasteiger partial charge in [0.25, 0.3) is 5.91 Å². The molecule has 0 radical (unpaired) electrons. The molecule has 1 unspecified atom stereocenters. The number of rotatable bonds is 8. The van der Waals surface area contributed by atoms with Gasteiger partial charge in [-0.25, -0.2) is 0 Å². The van der Waals surface area contributed by atoms with Crippen molar-refractivity contribution in [2.24, 2.45) is 0 Å². The molecule has 29 heavy (non-hydrogen) atoms. The van der Waals surface area contributed by atoms with Crippen molar-refractivity contribution < 1.29 is 18.8 Å². The zero-order valence-corrected chi connectivity index (χ0v) is 16.3. The van der Waals surface area contributed by atoms with E-state index in [1.165, 1.54) is 0 Å². The number of amides is 2. The molecule has 0 aliphatic heterocycles. The average Bonchev–Trinajstić information content (AvgIpc) is 3.23. The van der Waals surface area contributed by atoms with Crippen molar-refractivity contribution in [2.75, 3.05) is 13.2 Å². The molecule has 0 fully saturated rings. The van der Waals surface area contributed by atoms with E-state index in [2.05, 4.69) is 15.8 Å². The van der Waals surface area contributed by atoms with Gasteiger partial charge in [0.05, 0.1) is 19.2 Å². The molecule has 150 valence electrons. The van der Waals surface area contributed by atoms with Gasteiger partial charge in [-0.1, -0.05) is 47.6 Å². The molecule has 2 amide bonds. The van der Waals surface area contributed by atoms with E-state index in [0.717, 1.165) is 16.9 Å². The molecule has 0 aliphatic rings. The number of hydrogen-bond acceptors (Lipinski definition) is 5. The number of nitrogens with zero attached hydrogens (tertiary/aromatic N) is 1. The highest BCUT2D eigenvalue weighted by atomic mass is 16.5. The molecule has 0 saturated carbocycles. The van der Waals surface area contributed by atoms with Gasteiger partial charge in [-0.15, -0.1) is 0 Å². The van der Waals surface area contributed by atoms with Gasteiger partial charge >= 0.3 is 0 Å². The van der Waals surface area contributed by atoms with Crippen LogP contribution in [0, 0.1) is 0 Å². The van der Waals surface area contributed by atoms with Gasteiger partial charge < -0.3 is 19.9 Å². The third-order valence-electron chi connectivity index (χ3n) is 4.26. The minimum atomic E-state index is -0.475. The smallest absolute Gasteiger partial charge is 0.273 e. The molecule has 1 atom stereocenters. The van der Waals surface area contributed by atoms with Crippen molar-refractivity contribution in [1.82, 2.24) is 15.8 Å². The van der Waals surface area contributed by atoms with Gasteiger partial charge in [0.15, 0.2) is 11.5 Å². The zero-order chi connectivity index (χ0) is 20.6. The van der Waals surface area contributed by atoms with Crippen LogP contribution in [-0.2, 0) is 4.79 Å². The molecule has 1 aromatic heterocycles. The van der Waals surface area contributed by atoms with Crippen LogP contribution >= 0.6 is 0 Å². The predicted octanol–water partition coefficient (Wildman–Crippen LogP) is 3.35. The van der Waals surface area contributed by atoms with Crippen LogP contribution in [0.25, 0.3) is 11.3 Å². The number of hydrogen-bond donors (Lipinski definition) is 2. The van der Waals surface area contributed by atoms with E-state index in [9.17, 15) is 9.59 Å². The summed E-state index contributed by atoms with van der Waals surface area (Å²) in [4.78, 5) is 24.4. The lowest BCUT2D eigenvalue weighted by Crippen LogP contribution is -2.38. The summed E-state index contributed by atoms with van der Waals surface area (Å²) >= 11 is 0.